The summed E-state index contributed by atoms with van der Waals surface area (Å²) in [5, 5.41) is 2.63. The lowest BCUT2D eigenvalue weighted by molar-refractivity contribution is -0.130. The van der Waals surface area contributed by atoms with Gasteiger partial charge in [0.15, 0.2) is 28.8 Å². The van der Waals surface area contributed by atoms with Gasteiger partial charge in [-0.2, -0.15) is 0 Å². The molecule has 0 bridgehead atoms. The highest BCUT2D eigenvalue weighted by Gasteiger charge is 2.49. The van der Waals surface area contributed by atoms with Gasteiger partial charge in [0, 0.05) is 5.56 Å². The number of nitrogens with zero attached hydrogens (tertiary/aromatic N) is 1. The molecular weight excluding hydrogens is 395 g/mol. The zero-order valence-electron chi connectivity index (χ0n) is 16.4. The average Bonchev–Trinajstić information content (AvgIpc) is 2.97. The van der Waals surface area contributed by atoms with E-state index in [0.717, 1.165) is 11.0 Å². The molecule has 0 unspecified atom stereocenters. The predicted octanol–water partition coefficient (Wildman–Crippen LogP) is 2.26. The zero-order valence-corrected chi connectivity index (χ0v) is 16.4. The van der Waals surface area contributed by atoms with Crippen molar-refractivity contribution >= 4 is 17.7 Å². The number of urea groups is 1. The topological polar surface area (TPSA) is 94.2 Å². The van der Waals surface area contributed by atoms with Crippen LogP contribution in [0.5, 0.6) is 17.2 Å². The Kier molecular flexibility index (Phi) is 4.81. The molecule has 0 spiro atoms. The normalized spacial score (nSPS) is 20.2. The van der Waals surface area contributed by atoms with Crippen molar-refractivity contribution in [2.45, 2.75) is 12.5 Å². The molecule has 1 saturated heterocycles. The van der Waals surface area contributed by atoms with E-state index in [1.807, 2.05) is 0 Å². The van der Waals surface area contributed by atoms with Crippen LogP contribution in [0.25, 0.3) is 0 Å². The molecule has 0 saturated carbocycles. The highest BCUT2D eigenvalue weighted by atomic mass is 19.1. The molecule has 1 N–H and O–H groups in total. The maximum Gasteiger partial charge on any atom is 0.325 e. The Morgan fingerprint density at radius 3 is 2.60 bits per heavy atom. The fraction of sp³-hybridized carbons (Fsp3) is 0.286. The molecule has 1 atom stereocenters. The van der Waals surface area contributed by atoms with Gasteiger partial charge >= 0.3 is 6.03 Å². The van der Waals surface area contributed by atoms with Gasteiger partial charge in [-0.3, -0.25) is 14.5 Å². The van der Waals surface area contributed by atoms with Crippen molar-refractivity contribution in [3.05, 3.63) is 53.3 Å². The Bertz CT molecular complexity index is 1060. The van der Waals surface area contributed by atoms with Gasteiger partial charge in [-0.05, 0) is 42.8 Å². The van der Waals surface area contributed by atoms with Crippen LogP contribution in [0.1, 0.15) is 22.8 Å². The maximum atomic E-state index is 13.9. The van der Waals surface area contributed by atoms with Crippen LogP contribution >= 0.6 is 0 Å². The predicted molar refractivity (Wildman–Crippen MR) is 102 cm³/mol. The third-order valence-corrected chi connectivity index (χ3v) is 5.17. The summed E-state index contributed by atoms with van der Waals surface area (Å²) in [7, 11) is 1.31. The fourth-order valence-electron chi connectivity index (χ4n) is 3.47. The molecule has 2 aliphatic rings. The molecule has 3 amide bonds. The molecule has 2 aromatic rings. The SMILES string of the molecule is COc1ccc(C(=O)CN2C(=O)N[C@](C)(c3ccc4c(c3)OCCO4)C2=O)cc1F. The summed E-state index contributed by atoms with van der Waals surface area (Å²) in [5.74, 6) is -0.850. The van der Waals surface area contributed by atoms with Crippen LogP contribution in [0, 0.1) is 5.82 Å². The maximum absolute atomic E-state index is 13.9. The van der Waals surface area contributed by atoms with E-state index in [2.05, 4.69) is 5.32 Å². The first kappa shape index (κ1) is 19.7. The summed E-state index contributed by atoms with van der Waals surface area (Å²) in [5.41, 5.74) is -0.851. The number of carbonyl (C=O) groups excluding carboxylic acids is 3. The average molecular weight is 414 g/mol. The first-order valence-corrected chi connectivity index (χ1v) is 9.24. The quantitative estimate of drug-likeness (QED) is 0.596. The van der Waals surface area contributed by atoms with Gasteiger partial charge in [-0.15, -0.1) is 0 Å². The Morgan fingerprint density at radius 2 is 1.90 bits per heavy atom. The summed E-state index contributed by atoms with van der Waals surface area (Å²) in [4.78, 5) is 38.9. The number of benzene rings is 2. The summed E-state index contributed by atoms with van der Waals surface area (Å²) in [6.07, 6.45) is 0. The van der Waals surface area contributed by atoms with Gasteiger partial charge in [0.1, 0.15) is 18.8 Å². The molecule has 0 radical (unpaired) electrons. The smallest absolute Gasteiger partial charge is 0.325 e. The van der Waals surface area contributed by atoms with Gasteiger partial charge in [0.05, 0.1) is 13.7 Å². The third-order valence-electron chi connectivity index (χ3n) is 5.17. The van der Waals surface area contributed by atoms with E-state index in [1.165, 1.54) is 19.2 Å². The van der Waals surface area contributed by atoms with E-state index < -0.39 is 35.6 Å². The number of amides is 3. The van der Waals surface area contributed by atoms with Crippen LogP contribution in [-0.2, 0) is 10.3 Å². The highest BCUT2D eigenvalue weighted by molar-refractivity contribution is 6.11. The van der Waals surface area contributed by atoms with Crippen molar-refractivity contribution in [3.8, 4) is 17.2 Å². The third kappa shape index (κ3) is 3.22. The molecule has 1 fully saturated rings. The van der Waals surface area contributed by atoms with Crippen LogP contribution in [0.3, 0.4) is 0 Å². The number of rotatable bonds is 5. The van der Waals surface area contributed by atoms with Crippen molar-refractivity contribution < 1.29 is 33.0 Å². The first-order chi connectivity index (χ1) is 14.3. The summed E-state index contributed by atoms with van der Waals surface area (Å²) < 4.78 is 29.8. The lowest BCUT2D eigenvalue weighted by atomic mass is 9.91. The van der Waals surface area contributed by atoms with Crippen LogP contribution in [0.15, 0.2) is 36.4 Å². The van der Waals surface area contributed by atoms with E-state index in [-0.39, 0.29) is 11.3 Å². The molecule has 4 rings (SSSR count). The number of halogens is 1. The zero-order chi connectivity index (χ0) is 21.5. The van der Waals surface area contributed by atoms with Crippen molar-refractivity contribution in [1.29, 1.82) is 0 Å². The van der Waals surface area contributed by atoms with E-state index in [4.69, 9.17) is 14.2 Å². The van der Waals surface area contributed by atoms with Gasteiger partial charge < -0.3 is 19.5 Å². The van der Waals surface area contributed by atoms with Crippen LogP contribution in [0.4, 0.5) is 9.18 Å². The van der Waals surface area contributed by atoms with Gasteiger partial charge in [-0.1, -0.05) is 6.07 Å². The largest absolute Gasteiger partial charge is 0.494 e. The lowest BCUT2D eigenvalue weighted by Crippen LogP contribution is -2.41. The number of imide groups is 1. The lowest BCUT2D eigenvalue weighted by Gasteiger charge is -2.25. The summed E-state index contributed by atoms with van der Waals surface area (Å²) in [6, 6.07) is 7.96. The van der Waals surface area contributed by atoms with Crippen LogP contribution < -0.4 is 19.5 Å². The van der Waals surface area contributed by atoms with Crippen molar-refractivity contribution in [2.24, 2.45) is 0 Å². The minimum Gasteiger partial charge on any atom is -0.494 e. The number of nitrogens with one attached hydrogen (secondary N) is 1. The second kappa shape index (κ2) is 7.33. The Morgan fingerprint density at radius 1 is 1.17 bits per heavy atom. The second-order valence-electron chi connectivity index (χ2n) is 7.08. The number of ether oxygens (including phenoxy) is 3. The fourth-order valence-corrected chi connectivity index (χ4v) is 3.47. The summed E-state index contributed by atoms with van der Waals surface area (Å²) in [6.45, 7) is 1.85. The monoisotopic (exact) mass is 414 g/mol. The van der Waals surface area contributed by atoms with E-state index in [9.17, 15) is 18.8 Å². The molecule has 2 aliphatic heterocycles. The van der Waals surface area contributed by atoms with Gasteiger partial charge in [0.2, 0.25) is 0 Å². The number of carbonyl (C=O) groups is 3. The first-order valence-electron chi connectivity index (χ1n) is 9.24. The van der Waals surface area contributed by atoms with Gasteiger partial charge in [-0.25, -0.2) is 9.18 Å². The van der Waals surface area contributed by atoms with Crippen molar-refractivity contribution in [1.82, 2.24) is 10.2 Å². The Hall–Kier alpha value is -3.62. The standard InChI is InChI=1S/C21H19FN2O6/c1-21(13-4-6-17-18(10-13)30-8-7-29-17)19(26)24(20(27)23-21)11-15(25)12-3-5-16(28-2)14(22)9-12/h3-6,9-10H,7-8,11H2,1-2H3,(H,23,27)/t21-/m1/s1. The second-order valence-corrected chi connectivity index (χ2v) is 7.08. The van der Waals surface area contributed by atoms with E-state index >= 15 is 0 Å². The molecule has 2 aromatic carbocycles. The van der Waals surface area contributed by atoms with Crippen LogP contribution in [-0.4, -0.2) is 49.5 Å². The molecule has 0 aromatic heterocycles. The van der Waals surface area contributed by atoms with Crippen molar-refractivity contribution in [2.75, 3.05) is 26.9 Å². The number of ketones is 1. The summed E-state index contributed by atoms with van der Waals surface area (Å²) >= 11 is 0. The molecule has 9 heteroatoms. The molecule has 30 heavy (non-hydrogen) atoms. The number of fused-ring (bicyclic) bond motifs is 1. The van der Waals surface area contributed by atoms with Gasteiger partial charge in [0.25, 0.3) is 5.91 Å². The minimum absolute atomic E-state index is 0.00674. The molecular formula is C21H19FN2O6. The number of methoxy groups -OCH3 is 1. The Labute approximate surface area is 171 Å². The number of Topliss-reactive ketones (excluding diaryl/α,β-unsaturated/α-hetero) is 1. The highest BCUT2D eigenvalue weighted by Crippen LogP contribution is 2.36. The Balaban J connectivity index is 1.56. The van der Waals surface area contributed by atoms with Crippen molar-refractivity contribution in [3.63, 3.8) is 0 Å². The molecule has 156 valence electrons. The molecule has 0 aliphatic carbocycles. The van der Waals surface area contributed by atoms with E-state index in [0.29, 0.717) is 30.3 Å². The molecule has 2 heterocycles. The van der Waals surface area contributed by atoms with E-state index in [1.54, 1.807) is 25.1 Å². The number of hydrogen-bond donors (Lipinski definition) is 1. The van der Waals surface area contributed by atoms with Crippen LogP contribution in [0.2, 0.25) is 0 Å². The number of hydrogen-bond acceptors (Lipinski definition) is 6. The minimum atomic E-state index is -1.38. The molecule has 8 nitrogen and oxygen atoms in total.